The average molecular weight is 338 g/mol. The second kappa shape index (κ2) is 7.41. The Hall–Kier alpha value is -2.87. The molecular formula is C14H12ClN3O5. The fourth-order valence-corrected chi connectivity index (χ4v) is 1.96. The van der Waals surface area contributed by atoms with Crippen molar-refractivity contribution in [2.45, 2.75) is 0 Å². The van der Waals surface area contributed by atoms with Crippen molar-refractivity contribution in [1.29, 1.82) is 0 Å². The van der Waals surface area contributed by atoms with E-state index in [1.165, 1.54) is 24.5 Å². The third-order valence-electron chi connectivity index (χ3n) is 2.84. The van der Waals surface area contributed by atoms with E-state index in [2.05, 4.69) is 10.6 Å². The Bertz CT molecular complexity index is 730. The first-order valence-corrected chi connectivity index (χ1v) is 6.90. The van der Waals surface area contributed by atoms with Crippen LogP contribution in [0.2, 0.25) is 5.02 Å². The molecule has 120 valence electrons. The molecule has 1 aromatic heterocycles. The molecule has 1 heterocycles. The molecule has 0 saturated heterocycles. The summed E-state index contributed by atoms with van der Waals surface area (Å²) in [6, 6.07) is 6.86. The second-order valence-corrected chi connectivity index (χ2v) is 4.84. The van der Waals surface area contributed by atoms with Crippen LogP contribution < -0.4 is 10.6 Å². The fourth-order valence-electron chi connectivity index (χ4n) is 1.79. The molecule has 0 fully saturated rings. The van der Waals surface area contributed by atoms with E-state index in [1.54, 1.807) is 6.07 Å². The van der Waals surface area contributed by atoms with Crippen LogP contribution in [0.5, 0.6) is 0 Å². The number of nitrogens with zero attached hydrogens (tertiary/aromatic N) is 1. The van der Waals surface area contributed by atoms with E-state index in [4.69, 9.17) is 16.0 Å². The number of halogens is 1. The number of carbonyl (C=O) groups excluding carboxylic acids is 2. The predicted octanol–water partition coefficient (Wildman–Crippen LogP) is 2.00. The Labute approximate surface area is 135 Å². The molecule has 0 saturated carbocycles. The number of nitro benzene ring substituents is 1. The minimum absolute atomic E-state index is 0.100. The highest BCUT2D eigenvalue weighted by Crippen LogP contribution is 2.22. The van der Waals surface area contributed by atoms with Crippen LogP contribution in [0.3, 0.4) is 0 Å². The maximum Gasteiger partial charge on any atom is 0.287 e. The minimum atomic E-state index is -0.681. The molecule has 2 N–H and O–H groups in total. The highest BCUT2D eigenvalue weighted by atomic mass is 35.5. The summed E-state index contributed by atoms with van der Waals surface area (Å²) in [6.45, 7) is 0.248. The van der Waals surface area contributed by atoms with Crippen molar-refractivity contribution in [2.24, 2.45) is 0 Å². The SMILES string of the molecule is O=C(NCCNC(=O)c1ccc(Cl)cc1[N+](=O)[O-])c1ccco1. The summed E-state index contributed by atoms with van der Waals surface area (Å²) < 4.78 is 4.91. The zero-order valence-corrected chi connectivity index (χ0v) is 12.5. The van der Waals surface area contributed by atoms with Gasteiger partial charge in [0.05, 0.1) is 11.2 Å². The van der Waals surface area contributed by atoms with Crippen LogP contribution in [0, 0.1) is 10.1 Å². The molecule has 1 aromatic carbocycles. The molecule has 9 heteroatoms. The van der Waals surface area contributed by atoms with Gasteiger partial charge in [0.25, 0.3) is 17.5 Å². The van der Waals surface area contributed by atoms with Crippen LogP contribution in [0.4, 0.5) is 5.69 Å². The van der Waals surface area contributed by atoms with Crippen LogP contribution in [0.15, 0.2) is 41.0 Å². The van der Waals surface area contributed by atoms with E-state index in [-0.39, 0.29) is 35.1 Å². The third-order valence-corrected chi connectivity index (χ3v) is 3.08. The first kappa shape index (κ1) is 16.5. The summed E-state index contributed by atoms with van der Waals surface area (Å²) in [5.41, 5.74) is -0.480. The zero-order valence-electron chi connectivity index (χ0n) is 11.7. The van der Waals surface area contributed by atoms with Crippen LogP contribution in [-0.4, -0.2) is 29.8 Å². The van der Waals surface area contributed by atoms with Gasteiger partial charge in [-0.05, 0) is 24.3 Å². The van der Waals surface area contributed by atoms with E-state index in [1.807, 2.05) is 0 Å². The average Bonchev–Trinajstić information content (AvgIpc) is 3.05. The van der Waals surface area contributed by atoms with Gasteiger partial charge < -0.3 is 15.1 Å². The van der Waals surface area contributed by atoms with Crippen LogP contribution in [0.25, 0.3) is 0 Å². The fraction of sp³-hybridized carbons (Fsp3) is 0.143. The lowest BCUT2D eigenvalue weighted by atomic mass is 10.1. The van der Waals surface area contributed by atoms with Gasteiger partial charge in [0.2, 0.25) is 0 Å². The van der Waals surface area contributed by atoms with Gasteiger partial charge in [-0.1, -0.05) is 11.6 Å². The minimum Gasteiger partial charge on any atom is -0.459 e. The normalized spacial score (nSPS) is 10.1. The van der Waals surface area contributed by atoms with Gasteiger partial charge in [0.15, 0.2) is 5.76 Å². The number of carbonyl (C=O) groups is 2. The Kier molecular flexibility index (Phi) is 5.32. The Morgan fingerprint density at radius 3 is 2.48 bits per heavy atom. The number of hydrogen-bond acceptors (Lipinski definition) is 5. The third kappa shape index (κ3) is 4.30. The van der Waals surface area contributed by atoms with E-state index in [0.29, 0.717) is 0 Å². The largest absolute Gasteiger partial charge is 0.459 e. The molecule has 0 bridgehead atoms. The van der Waals surface area contributed by atoms with Crippen LogP contribution >= 0.6 is 11.6 Å². The van der Waals surface area contributed by atoms with Crippen molar-refractivity contribution in [3.8, 4) is 0 Å². The molecule has 0 aliphatic rings. The van der Waals surface area contributed by atoms with E-state index >= 15 is 0 Å². The number of furan rings is 1. The molecule has 8 nitrogen and oxygen atoms in total. The molecule has 23 heavy (non-hydrogen) atoms. The zero-order chi connectivity index (χ0) is 16.8. The van der Waals surface area contributed by atoms with Gasteiger partial charge in [-0.3, -0.25) is 19.7 Å². The summed E-state index contributed by atoms with van der Waals surface area (Å²) in [6.07, 6.45) is 1.37. The van der Waals surface area contributed by atoms with Gasteiger partial charge in [-0.25, -0.2) is 0 Å². The number of rotatable bonds is 6. The van der Waals surface area contributed by atoms with Crippen molar-refractivity contribution >= 4 is 29.1 Å². The van der Waals surface area contributed by atoms with Crippen molar-refractivity contribution in [3.63, 3.8) is 0 Å². The number of hydrogen-bond donors (Lipinski definition) is 2. The van der Waals surface area contributed by atoms with Crippen LogP contribution in [-0.2, 0) is 0 Å². The topological polar surface area (TPSA) is 114 Å². The molecule has 2 aromatic rings. The monoisotopic (exact) mass is 337 g/mol. The number of nitro groups is 1. The van der Waals surface area contributed by atoms with E-state index in [9.17, 15) is 19.7 Å². The number of nitrogens with one attached hydrogen (secondary N) is 2. The van der Waals surface area contributed by atoms with E-state index in [0.717, 1.165) is 6.07 Å². The smallest absolute Gasteiger partial charge is 0.287 e. The number of amides is 2. The van der Waals surface area contributed by atoms with Crippen LogP contribution in [0.1, 0.15) is 20.9 Å². The van der Waals surface area contributed by atoms with Gasteiger partial charge >= 0.3 is 0 Å². The summed E-state index contributed by atoms with van der Waals surface area (Å²) in [4.78, 5) is 33.8. The summed E-state index contributed by atoms with van der Waals surface area (Å²) in [5, 5.41) is 16.1. The second-order valence-electron chi connectivity index (χ2n) is 4.41. The quantitative estimate of drug-likeness (QED) is 0.475. The molecule has 0 aliphatic carbocycles. The maximum absolute atomic E-state index is 12.0. The van der Waals surface area contributed by atoms with Gasteiger partial charge in [-0.15, -0.1) is 0 Å². The molecule has 0 spiro atoms. The maximum atomic E-state index is 12.0. The molecule has 0 atom stereocenters. The molecule has 2 rings (SSSR count). The number of benzene rings is 1. The molecule has 0 aliphatic heterocycles. The lowest BCUT2D eigenvalue weighted by molar-refractivity contribution is -0.385. The van der Waals surface area contributed by atoms with Gasteiger partial charge in [-0.2, -0.15) is 0 Å². The summed E-state index contributed by atoms with van der Waals surface area (Å²) in [5.74, 6) is -0.882. The van der Waals surface area contributed by atoms with Crippen molar-refractivity contribution < 1.29 is 18.9 Å². The predicted molar refractivity (Wildman–Crippen MR) is 81.5 cm³/mol. The Balaban J connectivity index is 1.88. The van der Waals surface area contributed by atoms with Gasteiger partial charge in [0.1, 0.15) is 5.56 Å². The standard InChI is InChI=1S/C14H12ClN3O5/c15-9-3-4-10(11(8-9)18(21)22)13(19)16-5-6-17-14(20)12-2-1-7-23-12/h1-4,7-8H,5-6H2,(H,16,19)(H,17,20). The highest BCUT2D eigenvalue weighted by Gasteiger charge is 2.20. The van der Waals surface area contributed by atoms with Gasteiger partial charge in [0, 0.05) is 24.2 Å². The lowest BCUT2D eigenvalue weighted by Gasteiger charge is -2.07. The summed E-state index contributed by atoms with van der Waals surface area (Å²) >= 11 is 5.68. The van der Waals surface area contributed by atoms with Crippen molar-refractivity contribution in [2.75, 3.05) is 13.1 Å². The highest BCUT2D eigenvalue weighted by molar-refractivity contribution is 6.31. The lowest BCUT2D eigenvalue weighted by Crippen LogP contribution is -2.34. The van der Waals surface area contributed by atoms with Crippen molar-refractivity contribution in [1.82, 2.24) is 10.6 Å². The van der Waals surface area contributed by atoms with Crippen molar-refractivity contribution in [3.05, 3.63) is 63.1 Å². The Morgan fingerprint density at radius 2 is 1.87 bits per heavy atom. The molecule has 0 radical (unpaired) electrons. The first-order chi connectivity index (χ1) is 11.0. The molecular weight excluding hydrogens is 326 g/mol. The molecule has 2 amide bonds. The Morgan fingerprint density at radius 1 is 1.17 bits per heavy atom. The van der Waals surface area contributed by atoms with E-state index < -0.39 is 16.7 Å². The summed E-state index contributed by atoms with van der Waals surface area (Å²) in [7, 11) is 0. The first-order valence-electron chi connectivity index (χ1n) is 6.53. The molecule has 0 unspecified atom stereocenters.